The number of aromatic carboxylic acids is 1. The lowest BCUT2D eigenvalue weighted by atomic mass is 10.1. The third-order valence-corrected chi connectivity index (χ3v) is 3.38. The number of anilines is 1. The molecule has 0 radical (unpaired) electrons. The molecule has 0 saturated carbocycles. The number of likely N-dealkylation sites (tertiary alicyclic amines) is 1. The Morgan fingerprint density at radius 2 is 2.00 bits per heavy atom. The van der Waals surface area contributed by atoms with E-state index in [9.17, 15) is 18.4 Å². The van der Waals surface area contributed by atoms with Crippen molar-refractivity contribution in [3.05, 3.63) is 29.3 Å². The molecule has 1 atom stereocenters. The third kappa shape index (κ3) is 3.10. The summed E-state index contributed by atoms with van der Waals surface area (Å²) in [4.78, 5) is 24.4. The molecule has 0 bridgehead atoms. The van der Waals surface area contributed by atoms with Crippen LogP contribution in [0.5, 0.6) is 0 Å². The molecule has 8 heteroatoms. The number of halogens is 2. The minimum Gasteiger partial charge on any atom is -0.478 e. The second-order valence-corrected chi connectivity index (χ2v) is 4.72. The molecule has 1 aromatic carbocycles. The molecule has 3 N–H and O–H groups in total. The summed E-state index contributed by atoms with van der Waals surface area (Å²) in [6, 6.07) is 0.130. The van der Waals surface area contributed by atoms with E-state index in [0.717, 1.165) is 0 Å². The number of urea groups is 1. The number of rotatable bonds is 3. The fourth-order valence-corrected chi connectivity index (χ4v) is 2.31. The summed E-state index contributed by atoms with van der Waals surface area (Å²) in [6.45, 7) is 0.195. The summed E-state index contributed by atoms with van der Waals surface area (Å²) in [5, 5.41) is 20.4. The zero-order valence-electron chi connectivity index (χ0n) is 11.0. The SMILES string of the molecule is O=C(O)c1cc(F)c(F)cc1NC(=O)N1CCCC1CO. The maximum Gasteiger partial charge on any atom is 0.337 e. The first-order valence-corrected chi connectivity index (χ1v) is 6.35. The lowest BCUT2D eigenvalue weighted by molar-refractivity contribution is 0.0697. The molecule has 1 unspecified atom stereocenters. The van der Waals surface area contributed by atoms with Crippen molar-refractivity contribution in [1.29, 1.82) is 0 Å². The van der Waals surface area contributed by atoms with Gasteiger partial charge in [0.15, 0.2) is 11.6 Å². The van der Waals surface area contributed by atoms with Gasteiger partial charge in [-0.3, -0.25) is 0 Å². The van der Waals surface area contributed by atoms with E-state index in [-0.39, 0.29) is 18.3 Å². The maximum absolute atomic E-state index is 13.2. The van der Waals surface area contributed by atoms with Gasteiger partial charge in [0.05, 0.1) is 23.9 Å². The molecule has 1 heterocycles. The van der Waals surface area contributed by atoms with Crippen LogP contribution in [-0.2, 0) is 0 Å². The topological polar surface area (TPSA) is 89.9 Å². The molecule has 21 heavy (non-hydrogen) atoms. The van der Waals surface area contributed by atoms with E-state index in [2.05, 4.69) is 5.32 Å². The fourth-order valence-electron chi connectivity index (χ4n) is 2.31. The number of carboxylic acid groups (broad SMARTS) is 1. The molecule has 2 rings (SSSR count). The molecule has 6 nitrogen and oxygen atoms in total. The molecule has 1 aromatic rings. The van der Waals surface area contributed by atoms with Crippen molar-refractivity contribution < 1.29 is 28.6 Å². The van der Waals surface area contributed by atoms with Gasteiger partial charge in [0.25, 0.3) is 0 Å². The Kier molecular flexibility index (Phi) is 4.37. The lowest BCUT2D eigenvalue weighted by Gasteiger charge is -2.23. The van der Waals surface area contributed by atoms with E-state index in [0.29, 0.717) is 31.5 Å². The van der Waals surface area contributed by atoms with E-state index in [1.807, 2.05) is 0 Å². The molecule has 1 saturated heterocycles. The summed E-state index contributed by atoms with van der Waals surface area (Å²) in [7, 11) is 0. The molecular formula is C13H14F2N2O4. The van der Waals surface area contributed by atoms with Crippen molar-refractivity contribution >= 4 is 17.7 Å². The highest BCUT2D eigenvalue weighted by Gasteiger charge is 2.29. The minimum absolute atomic E-state index is 0.211. The Bertz CT molecular complexity index is 580. The second-order valence-electron chi connectivity index (χ2n) is 4.72. The molecule has 114 valence electrons. The Hall–Kier alpha value is -2.22. The number of carbonyl (C=O) groups is 2. The number of nitrogens with zero attached hydrogens (tertiary/aromatic N) is 1. The Balaban J connectivity index is 2.24. The molecule has 1 aliphatic heterocycles. The van der Waals surface area contributed by atoms with Crippen LogP contribution in [0.3, 0.4) is 0 Å². The van der Waals surface area contributed by atoms with Gasteiger partial charge in [-0.2, -0.15) is 0 Å². The summed E-state index contributed by atoms with van der Waals surface area (Å²) in [5.74, 6) is -4.04. The zero-order valence-corrected chi connectivity index (χ0v) is 11.0. The monoisotopic (exact) mass is 300 g/mol. The second kappa shape index (κ2) is 6.04. The van der Waals surface area contributed by atoms with Crippen LogP contribution in [0.4, 0.5) is 19.3 Å². The van der Waals surface area contributed by atoms with Crippen LogP contribution in [0.15, 0.2) is 12.1 Å². The molecule has 1 aliphatic rings. The Labute approximate surface area is 119 Å². The average Bonchev–Trinajstić information content (AvgIpc) is 2.90. The number of hydrogen-bond acceptors (Lipinski definition) is 3. The van der Waals surface area contributed by atoms with Crippen LogP contribution in [0.1, 0.15) is 23.2 Å². The summed E-state index contributed by atoms with van der Waals surface area (Å²) < 4.78 is 26.3. The van der Waals surface area contributed by atoms with Crippen LogP contribution in [0.2, 0.25) is 0 Å². The van der Waals surface area contributed by atoms with Gasteiger partial charge in [-0.15, -0.1) is 0 Å². The summed E-state index contributed by atoms with van der Waals surface area (Å²) in [6.07, 6.45) is 1.34. The fraction of sp³-hybridized carbons (Fsp3) is 0.385. The molecule has 1 fully saturated rings. The number of carboxylic acids is 1. The first-order chi connectivity index (χ1) is 9.93. The van der Waals surface area contributed by atoms with Crippen molar-refractivity contribution in [3.8, 4) is 0 Å². The number of hydrogen-bond donors (Lipinski definition) is 3. The Morgan fingerprint density at radius 3 is 2.62 bits per heavy atom. The highest BCUT2D eigenvalue weighted by Crippen LogP contribution is 2.23. The predicted octanol–water partition coefficient (Wildman–Crippen LogP) is 1.65. The van der Waals surface area contributed by atoms with E-state index in [1.165, 1.54) is 4.90 Å². The van der Waals surface area contributed by atoms with Gasteiger partial charge in [0.2, 0.25) is 0 Å². The standard InChI is InChI=1S/C13H14F2N2O4/c14-9-4-8(12(19)20)11(5-10(9)15)16-13(21)17-3-1-2-7(17)6-18/h4-5,7,18H,1-3,6H2,(H,16,21)(H,19,20). The van der Waals surface area contributed by atoms with Gasteiger partial charge < -0.3 is 20.4 Å². The van der Waals surface area contributed by atoms with Crippen LogP contribution in [0, 0.1) is 11.6 Å². The van der Waals surface area contributed by atoms with Crippen LogP contribution in [-0.4, -0.2) is 46.3 Å². The molecule has 0 aliphatic carbocycles. The molecule has 2 amide bonds. The smallest absolute Gasteiger partial charge is 0.337 e. The first-order valence-electron chi connectivity index (χ1n) is 6.35. The van der Waals surface area contributed by atoms with Gasteiger partial charge in [0, 0.05) is 12.6 Å². The average molecular weight is 300 g/mol. The van der Waals surface area contributed by atoms with Gasteiger partial charge in [-0.25, -0.2) is 18.4 Å². The zero-order chi connectivity index (χ0) is 15.6. The van der Waals surface area contributed by atoms with E-state index in [4.69, 9.17) is 10.2 Å². The minimum atomic E-state index is -1.48. The largest absolute Gasteiger partial charge is 0.478 e. The van der Waals surface area contributed by atoms with Crippen molar-refractivity contribution in [2.45, 2.75) is 18.9 Å². The number of carbonyl (C=O) groups excluding carboxylic acids is 1. The normalized spacial score (nSPS) is 17.9. The Morgan fingerprint density at radius 1 is 1.33 bits per heavy atom. The van der Waals surface area contributed by atoms with Gasteiger partial charge in [-0.05, 0) is 18.9 Å². The summed E-state index contributed by atoms with van der Waals surface area (Å²) >= 11 is 0. The van der Waals surface area contributed by atoms with Crippen molar-refractivity contribution in [2.75, 3.05) is 18.5 Å². The van der Waals surface area contributed by atoms with Crippen molar-refractivity contribution in [3.63, 3.8) is 0 Å². The summed E-state index contributed by atoms with van der Waals surface area (Å²) in [5.41, 5.74) is -0.864. The van der Waals surface area contributed by atoms with Crippen molar-refractivity contribution in [2.24, 2.45) is 0 Å². The van der Waals surface area contributed by atoms with E-state index >= 15 is 0 Å². The van der Waals surface area contributed by atoms with Gasteiger partial charge in [-0.1, -0.05) is 0 Å². The third-order valence-electron chi connectivity index (χ3n) is 3.38. The molecular weight excluding hydrogens is 286 g/mol. The van der Waals surface area contributed by atoms with Crippen LogP contribution in [0.25, 0.3) is 0 Å². The first kappa shape index (κ1) is 15.2. The van der Waals surface area contributed by atoms with Crippen molar-refractivity contribution in [1.82, 2.24) is 4.90 Å². The van der Waals surface area contributed by atoms with Crippen LogP contribution >= 0.6 is 0 Å². The number of aliphatic hydroxyl groups is 1. The molecule has 0 spiro atoms. The maximum atomic E-state index is 13.2. The van der Waals surface area contributed by atoms with Gasteiger partial charge in [0.1, 0.15) is 0 Å². The highest BCUT2D eigenvalue weighted by atomic mass is 19.2. The molecule has 0 aromatic heterocycles. The lowest BCUT2D eigenvalue weighted by Crippen LogP contribution is -2.40. The number of aliphatic hydroxyl groups excluding tert-OH is 1. The number of amides is 2. The van der Waals surface area contributed by atoms with Crippen LogP contribution < -0.4 is 5.32 Å². The highest BCUT2D eigenvalue weighted by molar-refractivity contribution is 6.00. The van der Waals surface area contributed by atoms with Gasteiger partial charge >= 0.3 is 12.0 Å². The number of benzene rings is 1. The van der Waals surface area contributed by atoms with E-state index in [1.54, 1.807) is 0 Å². The predicted molar refractivity (Wildman–Crippen MR) is 69.1 cm³/mol. The number of nitrogens with one attached hydrogen (secondary N) is 1. The van der Waals surface area contributed by atoms with E-state index < -0.39 is 29.2 Å². The quantitative estimate of drug-likeness (QED) is 0.792.